The molecule has 5 aromatic rings. The summed E-state index contributed by atoms with van der Waals surface area (Å²) in [7, 11) is 0. The number of aromatic nitrogens is 3. The van der Waals surface area contributed by atoms with E-state index in [1.54, 1.807) is 10.8 Å². The van der Waals surface area contributed by atoms with Crippen molar-refractivity contribution in [2.75, 3.05) is 6.61 Å². The van der Waals surface area contributed by atoms with E-state index in [0.29, 0.717) is 5.56 Å². The molecule has 0 bridgehead atoms. The molecule has 0 saturated heterocycles. The van der Waals surface area contributed by atoms with Crippen LogP contribution in [0.5, 0.6) is 0 Å². The SMILES string of the molecule is Cc1[nH]c2ccccc2c1C(=O)COC(=O)C=Cc1cn(-c2ccccc2)nc1-c1ccc(Br)cc1. The normalized spacial score (nSPS) is 11.3. The van der Waals surface area contributed by atoms with Crippen LogP contribution in [-0.4, -0.2) is 33.1 Å². The van der Waals surface area contributed by atoms with Crippen LogP contribution in [0, 0.1) is 6.92 Å². The highest BCUT2D eigenvalue weighted by atomic mass is 79.9. The van der Waals surface area contributed by atoms with Crippen molar-refractivity contribution >= 4 is 44.7 Å². The summed E-state index contributed by atoms with van der Waals surface area (Å²) >= 11 is 3.46. The molecule has 0 aliphatic heterocycles. The third kappa shape index (κ3) is 4.92. The molecule has 0 atom stereocenters. The second kappa shape index (κ2) is 10.2. The second-order valence-electron chi connectivity index (χ2n) is 8.25. The smallest absolute Gasteiger partial charge is 0.331 e. The van der Waals surface area contributed by atoms with Crippen molar-refractivity contribution in [2.45, 2.75) is 6.92 Å². The van der Waals surface area contributed by atoms with E-state index in [1.165, 1.54) is 6.08 Å². The fraction of sp³-hybridized carbons (Fsp3) is 0.0690. The zero-order chi connectivity index (χ0) is 25.1. The maximum atomic E-state index is 12.8. The molecule has 3 aromatic carbocycles. The van der Waals surface area contributed by atoms with Crippen LogP contribution in [0.3, 0.4) is 0 Å². The lowest BCUT2D eigenvalue weighted by molar-refractivity contribution is -0.136. The van der Waals surface area contributed by atoms with Gasteiger partial charge in [-0.15, -0.1) is 0 Å². The van der Waals surface area contributed by atoms with Crippen LogP contribution >= 0.6 is 15.9 Å². The lowest BCUT2D eigenvalue weighted by Gasteiger charge is -2.03. The number of nitrogens with one attached hydrogen (secondary N) is 1. The standard InChI is InChI=1S/C29H22BrN3O3/c1-19-28(24-9-5-6-10-25(24)31-19)26(34)18-36-27(35)16-13-21-17-33(23-7-3-2-4-8-23)32-29(21)20-11-14-22(30)15-12-20/h2-17,31H,18H2,1H3. The monoisotopic (exact) mass is 539 g/mol. The first-order chi connectivity index (χ1) is 17.5. The van der Waals surface area contributed by atoms with Gasteiger partial charge < -0.3 is 9.72 Å². The van der Waals surface area contributed by atoms with Gasteiger partial charge in [0.15, 0.2) is 6.61 Å². The van der Waals surface area contributed by atoms with Gasteiger partial charge in [-0.25, -0.2) is 9.48 Å². The fourth-order valence-electron chi connectivity index (χ4n) is 4.11. The Hall–Kier alpha value is -4.23. The van der Waals surface area contributed by atoms with Gasteiger partial charge in [0, 0.05) is 50.0 Å². The summed E-state index contributed by atoms with van der Waals surface area (Å²) in [5.74, 6) is -0.853. The van der Waals surface area contributed by atoms with Gasteiger partial charge in [-0.3, -0.25) is 4.79 Å². The van der Waals surface area contributed by atoms with Crippen molar-refractivity contribution < 1.29 is 14.3 Å². The molecule has 36 heavy (non-hydrogen) atoms. The minimum atomic E-state index is -0.602. The molecule has 0 amide bonds. The molecule has 0 unspecified atom stereocenters. The number of carbonyl (C=O) groups is 2. The Balaban J connectivity index is 1.35. The first kappa shape index (κ1) is 23.5. The number of halogens is 1. The van der Waals surface area contributed by atoms with Crippen LogP contribution < -0.4 is 0 Å². The first-order valence-corrected chi connectivity index (χ1v) is 12.2. The Morgan fingerprint density at radius 3 is 2.50 bits per heavy atom. The van der Waals surface area contributed by atoms with Gasteiger partial charge >= 0.3 is 5.97 Å². The quantitative estimate of drug-likeness (QED) is 0.145. The maximum Gasteiger partial charge on any atom is 0.331 e. The third-order valence-electron chi connectivity index (χ3n) is 5.80. The molecule has 0 aliphatic carbocycles. The molecule has 0 aliphatic rings. The summed E-state index contributed by atoms with van der Waals surface area (Å²) < 4.78 is 8.02. The molecule has 0 radical (unpaired) electrons. The van der Waals surface area contributed by atoms with E-state index < -0.39 is 5.97 Å². The molecule has 178 valence electrons. The van der Waals surface area contributed by atoms with Crippen LogP contribution in [0.4, 0.5) is 0 Å². The zero-order valence-electron chi connectivity index (χ0n) is 19.4. The third-order valence-corrected chi connectivity index (χ3v) is 6.33. The Morgan fingerprint density at radius 1 is 1.00 bits per heavy atom. The van der Waals surface area contributed by atoms with E-state index in [4.69, 9.17) is 9.84 Å². The second-order valence-corrected chi connectivity index (χ2v) is 9.17. The van der Waals surface area contributed by atoms with Crippen LogP contribution in [0.1, 0.15) is 21.6 Å². The predicted molar refractivity (Wildman–Crippen MR) is 144 cm³/mol. The molecular weight excluding hydrogens is 518 g/mol. The summed E-state index contributed by atoms with van der Waals surface area (Å²) in [4.78, 5) is 28.5. The molecule has 6 nitrogen and oxygen atoms in total. The Kier molecular flexibility index (Phi) is 6.64. The Labute approximate surface area is 216 Å². The topological polar surface area (TPSA) is 77.0 Å². The number of ketones is 1. The summed E-state index contributed by atoms with van der Waals surface area (Å²) in [5.41, 5.74) is 5.45. The van der Waals surface area contributed by atoms with Crippen LogP contribution in [0.25, 0.3) is 33.9 Å². The number of nitrogens with zero attached hydrogens (tertiary/aromatic N) is 2. The molecule has 0 saturated carbocycles. The number of benzene rings is 3. The number of aryl methyl sites for hydroxylation is 1. The molecule has 7 heteroatoms. The van der Waals surface area contributed by atoms with E-state index in [2.05, 4.69) is 20.9 Å². The summed E-state index contributed by atoms with van der Waals surface area (Å²) in [6.07, 6.45) is 4.84. The van der Waals surface area contributed by atoms with Gasteiger partial charge in [0.05, 0.1) is 11.4 Å². The van der Waals surface area contributed by atoms with Crippen LogP contribution in [0.2, 0.25) is 0 Å². The van der Waals surface area contributed by atoms with Crippen molar-refractivity contribution in [3.63, 3.8) is 0 Å². The van der Waals surface area contributed by atoms with E-state index in [0.717, 1.165) is 43.6 Å². The number of carbonyl (C=O) groups excluding carboxylic acids is 2. The van der Waals surface area contributed by atoms with E-state index in [9.17, 15) is 9.59 Å². The fourth-order valence-corrected chi connectivity index (χ4v) is 4.37. The number of hydrogen-bond donors (Lipinski definition) is 1. The summed E-state index contributed by atoms with van der Waals surface area (Å²) in [6.45, 7) is 1.50. The van der Waals surface area contributed by atoms with Gasteiger partial charge in [0.2, 0.25) is 5.78 Å². The average molecular weight is 540 g/mol. The molecule has 0 spiro atoms. The minimum absolute atomic E-state index is 0.251. The largest absolute Gasteiger partial charge is 0.454 e. The van der Waals surface area contributed by atoms with Gasteiger partial charge in [-0.05, 0) is 43.3 Å². The van der Waals surface area contributed by atoms with Gasteiger partial charge in [0.25, 0.3) is 0 Å². The van der Waals surface area contributed by atoms with Crippen molar-refractivity contribution in [1.82, 2.24) is 14.8 Å². The molecular formula is C29H22BrN3O3. The highest BCUT2D eigenvalue weighted by Crippen LogP contribution is 2.26. The number of ether oxygens (including phenoxy) is 1. The highest BCUT2D eigenvalue weighted by molar-refractivity contribution is 9.10. The zero-order valence-corrected chi connectivity index (χ0v) is 21.0. The maximum absolute atomic E-state index is 12.8. The molecule has 2 heterocycles. The molecule has 2 aromatic heterocycles. The lowest BCUT2D eigenvalue weighted by atomic mass is 10.1. The summed E-state index contributed by atoms with van der Waals surface area (Å²) in [5, 5.41) is 5.56. The van der Waals surface area contributed by atoms with Gasteiger partial charge in [0.1, 0.15) is 0 Å². The van der Waals surface area contributed by atoms with Gasteiger partial charge in [-0.2, -0.15) is 5.10 Å². The van der Waals surface area contributed by atoms with Crippen LogP contribution in [0.15, 0.2) is 95.6 Å². The number of rotatable bonds is 7. The number of fused-ring (bicyclic) bond motifs is 1. The lowest BCUT2D eigenvalue weighted by Crippen LogP contribution is -2.13. The number of esters is 1. The van der Waals surface area contributed by atoms with Gasteiger partial charge in [-0.1, -0.05) is 64.5 Å². The van der Waals surface area contributed by atoms with Crippen molar-refractivity contribution in [2.24, 2.45) is 0 Å². The van der Waals surface area contributed by atoms with E-state index in [-0.39, 0.29) is 12.4 Å². The Morgan fingerprint density at radius 2 is 1.72 bits per heavy atom. The van der Waals surface area contributed by atoms with Crippen molar-refractivity contribution in [3.05, 3.63) is 112 Å². The van der Waals surface area contributed by atoms with E-state index >= 15 is 0 Å². The predicted octanol–water partition coefficient (Wildman–Crippen LogP) is 6.53. The number of Topliss-reactive ketones (excluding diaryl/α,β-unsaturated/α-hetero) is 1. The first-order valence-electron chi connectivity index (χ1n) is 11.4. The number of aromatic amines is 1. The molecule has 1 N–H and O–H groups in total. The van der Waals surface area contributed by atoms with Crippen molar-refractivity contribution in [1.29, 1.82) is 0 Å². The average Bonchev–Trinajstić information content (AvgIpc) is 3.47. The van der Waals surface area contributed by atoms with Crippen LogP contribution in [-0.2, 0) is 9.53 Å². The summed E-state index contributed by atoms with van der Waals surface area (Å²) in [6, 6.07) is 25.1. The molecule has 5 rings (SSSR count). The number of H-pyrrole nitrogens is 1. The Bertz CT molecular complexity index is 1580. The van der Waals surface area contributed by atoms with E-state index in [1.807, 2.05) is 92.0 Å². The number of hydrogen-bond acceptors (Lipinski definition) is 4. The van der Waals surface area contributed by atoms with Crippen molar-refractivity contribution in [3.8, 4) is 16.9 Å². The molecule has 0 fully saturated rings. The minimum Gasteiger partial charge on any atom is -0.454 e. The number of para-hydroxylation sites is 2. The highest BCUT2D eigenvalue weighted by Gasteiger charge is 2.17.